The van der Waals surface area contributed by atoms with E-state index in [-0.39, 0.29) is 23.4 Å². The molecule has 10 heteroatoms. The van der Waals surface area contributed by atoms with Crippen LogP contribution in [0.4, 0.5) is 0 Å². The van der Waals surface area contributed by atoms with Crippen molar-refractivity contribution in [3.05, 3.63) is 18.2 Å². The predicted molar refractivity (Wildman–Crippen MR) is 115 cm³/mol. The fourth-order valence-electron chi connectivity index (χ4n) is 4.45. The number of hydrogen-bond donors (Lipinski definition) is 1. The first-order valence-corrected chi connectivity index (χ1v) is 12.7. The normalized spacial score (nSPS) is 22.8. The van der Waals surface area contributed by atoms with Crippen LogP contribution >= 0.6 is 0 Å². The number of ether oxygens (including phenoxy) is 3. The van der Waals surface area contributed by atoms with E-state index >= 15 is 0 Å². The van der Waals surface area contributed by atoms with Crippen molar-refractivity contribution >= 4 is 21.9 Å². The van der Waals surface area contributed by atoms with E-state index in [4.69, 9.17) is 14.2 Å². The van der Waals surface area contributed by atoms with Gasteiger partial charge in [-0.1, -0.05) is 19.3 Å². The molecule has 2 heterocycles. The van der Waals surface area contributed by atoms with Crippen LogP contribution in [-0.2, 0) is 24.3 Å². The lowest BCUT2D eigenvalue weighted by atomic mass is 9.95. The molecule has 2 fully saturated rings. The zero-order valence-electron chi connectivity index (χ0n) is 18.2. The maximum atomic E-state index is 13.3. The summed E-state index contributed by atoms with van der Waals surface area (Å²) < 4.78 is 44.0. The number of carbonyl (C=O) groups excluding carboxylic acids is 2. The summed E-state index contributed by atoms with van der Waals surface area (Å²) in [5.41, 5.74) is 0. The van der Waals surface area contributed by atoms with Gasteiger partial charge in [0.25, 0.3) is 5.91 Å². The van der Waals surface area contributed by atoms with Crippen molar-refractivity contribution in [2.75, 3.05) is 19.8 Å². The summed E-state index contributed by atoms with van der Waals surface area (Å²) in [6.45, 7) is 2.48. The summed E-state index contributed by atoms with van der Waals surface area (Å²) in [7, 11) is -3.95. The Kier molecular flexibility index (Phi) is 6.90. The second-order valence-electron chi connectivity index (χ2n) is 8.50. The van der Waals surface area contributed by atoms with Gasteiger partial charge in [0.05, 0.1) is 4.90 Å². The quantitative estimate of drug-likeness (QED) is 0.638. The van der Waals surface area contributed by atoms with Gasteiger partial charge in [-0.2, -0.15) is 4.31 Å². The molecule has 9 nitrogen and oxygen atoms in total. The molecule has 0 radical (unpaired) electrons. The number of sulfonamides is 1. The third kappa shape index (κ3) is 4.85. The highest BCUT2D eigenvalue weighted by molar-refractivity contribution is 7.89. The first kappa shape index (κ1) is 22.8. The summed E-state index contributed by atoms with van der Waals surface area (Å²) >= 11 is 0. The Morgan fingerprint density at radius 2 is 1.78 bits per heavy atom. The highest BCUT2D eigenvalue weighted by atomic mass is 32.2. The number of amides is 1. The molecule has 1 saturated heterocycles. The van der Waals surface area contributed by atoms with Crippen molar-refractivity contribution in [2.45, 2.75) is 75.0 Å². The Bertz CT molecular complexity index is 959. The number of benzene rings is 1. The molecular weight excluding hydrogens is 436 g/mol. The van der Waals surface area contributed by atoms with Crippen molar-refractivity contribution < 1.29 is 32.2 Å². The van der Waals surface area contributed by atoms with Crippen molar-refractivity contribution in [1.82, 2.24) is 9.62 Å². The number of nitrogens with zero attached hydrogens (tertiary/aromatic N) is 1. The Labute approximate surface area is 188 Å². The van der Waals surface area contributed by atoms with E-state index in [9.17, 15) is 18.0 Å². The van der Waals surface area contributed by atoms with E-state index in [1.807, 2.05) is 0 Å². The Hall–Kier alpha value is -2.33. The number of esters is 1. The van der Waals surface area contributed by atoms with E-state index < -0.39 is 28.1 Å². The number of rotatable bonds is 6. The fraction of sp³-hybridized carbons (Fsp3) is 0.636. The lowest BCUT2D eigenvalue weighted by Gasteiger charge is -2.26. The van der Waals surface area contributed by atoms with E-state index in [1.165, 1.54) is 25.5 Å². The van der Waals surface area contributed by atoms with E-state index in [1.54, 1.807) is 6.07 Å². The van der Waals surface area contributed by atoms with Crippen LogP contribution in [-0.4, -0.2) is 62.5 Å². The molecule has 0 unspecified atom stereocenters. The van der Waals surface area contributed by atoms with Crippen molar-refractivity contribution in [3.63, 3.8) is 0 Å². The van der Waals surface area contributed by atoms with Gasteiger partial charge in [-0.05, 0) is 44.7 Å². The number of hydrogen-bond acceptors (Lipinski definition) is 7. The highest BCUT2D eigenvalue weighted by Gasteiger charge is 2.41. The van der Waals surface area contributed by atoms with Crippen LogP contribution in [0.1, 0.15) is 51.9 Å². The van der Waals surface area contributed by atoms with E-state index in [0.717, 1.165) is 30.0 Å². The van der Waals surface area contributed by atoms with Crippen molar-refractivity contribution in [2.24, 2.45) is 0 Å². The number of fused-ring (bicyclic) bond motifs is 1. The van der Waals surface area contributed by atoms with Crippen molar-refractivity contribution in [1.29, 1.82) is 0 Å². The lowest BCUT2D eigenvalue weighted by molar-refractivity contribution is -0.158. The Morgan fingerprint density at radius 1 is 1.06 bits per heavy atom. The standard InChI is InChI=1S/C22H30N2O7S/c1-15(21(25)23-16-6-3-2-4-7-16)31-22(26)18-8-5-11-24(18)32(27,28)17-9-10-19-20(14-17)30-13-12-29-19/h9-10,14-16,18H,2-8,11-13H2,1H3,(H,23,25)/t15-,18+/m0/s1. The summed E-state index contributed by atoms with van der Waals surface area (Å²) in [4.78, 5) is 25.3. The van der Waals surface area contributed by atoms with Gasteiger partial charge < -0.3 is 19.5 Å². The van der Waals surface area contributed by atoms with Crippen LogP contribution < -0.4 is 14.8 Å². The molecule has 1 aromatic rings. The van der Waals surface area contributed by atoms with Crippen LogP contribution in [0.25, 0.3) is 0 Å². The minimum absolute atomic E-state index is 0.0320. The second-order valence-corrected chi connectivity index (χ2v) is 10.4. The predicted octanol–water partition coefficient (Wildman–Crippen LogP) is 1.99. The van der Waals surface area contributed by atoms with Crippen LogP contribution in [0.5, 0.6) is 11.5 Å². The number of carbonyl (C=O) groups is 2. The molecule has 2 atom stereocenters. The molecule has 176 valence electrons. The molecule has 0 bridgehead atoms. The molecule has 4 rings (SSSR count). The van der Waals surface area contributed by atoms with Crippen LogP contribution in [0.3, 0.4) is 0 Å². The van der Waals surface area contributed by atoms with Crippen molar-refractivity contribution in [3.8, 4) is 11.5 Å². The average Bonchev–Trinajstić information content (AvgIpc) is 3.30. The molecule has 1 aromatic carbocycles. The average molecular weight is 467 g/mol. The monoisotopic (exact) mass is 466 g/mol. The summed E-state index contributed by atoms with van der Waals surface area (Å²) in [5.74, 6) is -0.187. The minimum atomic E-state index is -3.95. The summed E-state index contributed by atoms with van der Waals surface area (Å²) in [6, 6.07) is 3.57. The molecule has 0 spiro atoms. The highest BCUT2D eigenvalue weighted by Crippen LogP contribution is 2.35. The summed E-state index contributed by atoms with van der Waals surface area (Å²) in [5, 5.41) is 2.94. The summed E-state index contributed by atoms with van der Waals surface area (Å²) in [6.07, 6.45) is 5.08. The topological polar surface area (TPSA) is 111 Å². The van der Waals surface area contributed by atoms with Gasteiger partial charge in [-0.15, -0.1) is 0 Å². The Morgan fingerprint density at radius 3 is 2.53 bits per heavy atom. The molecule has 1 aliphatic carbocycles. The fourth-order valence-corrected chi connectivity index (χ4v) is 6.12. The molecule has 0 aromatic heterocycles. The minimum Gasteiger partial charge on any atom is -0.486 e. The third-order valence-electron chi connectivity index (χ3n) is 6.21. The van der Waals surface area contributed by atoms with Crippen LogP contribution in [0.2, 0.25) is 0 Å². The zero-order valence-corrected chi connectivity index (χ0v) is 19.1. The van der Waals surface area contributed by atoms with Gasteiger partial charge in [-0.25, -0.2) is 8.42 Å². The lowest BCUT2D eigenvalue weighted by Crippen LogP contribution is -2.46. The van der Waals surface area contributed by atoms with Gasteiger partial charge in [0.1, 0.15) is 19.3 Å². The molecule has 1 saturated carbocycles. The zero-order chi connectivity index (χ0) is 22.7. The van der Waals surface area contributed by atoms with Gasteiger partial charge in [0.15, 0.2) is 17.6 Å². The maximum Gasteiger partial charge on any atom is 0.325 e. The van der Waals surface area contributed by atoms with E-state index in [0.29, 0.717) is 37.6 Å². The van der Waals surface area contributed by atoms with Gasteiger partial charge in [0.2, 0.25) is 10.0 Å². The van der Waals surface area contributed by atoms with E-state index in [2.05, 4.69) is 5.32 Å². The third-order valence-corrected chi connectivity index (χ3v) is 8.11. The van der Waals surface area contributed by atoms with Crippen LogP contribution in [0.15, 0.2) is 23.1 Å². The number of nitrogens with one attached hydrogen (secondary N) is 1. The molecule has 2 aliphatic heterocycles. The maximum absolute atomic E-state index is 13.3. The molecule has 3 aliphatic rings. The smallest absolute Gasteiger partial charge is 0.325 e. The second kappa shape index (κ2) is 9.66. The SMILES string of the molecule is C[C@H](OC(=O)[C@H]1CCCN1S(=O)(=O)c1ccc2c(c1)OCCO2)C(=O)NC1CCCCC1. The Balaban J connectivity index is 1.42. The molecule has 1 amide bonds. The first-order valence-electron chi connectivity index (χ1n) is 11.3. The van der Waals surface area contributed by atoms with Crippen LogP contribution in [0, 0.1) is 0 Å². The van der Waals surface area contributed by atoms with Gasteiger partial charge >= 0.3 is 5.97 Å². The molecule has 32 heavy (non-hydrogen) atoms. The largest absolute Gasteiger partial charge is 0.486 e. The molecular formula is C22H30N2O7S. The molecule has 1 N–H and O–H groups in total. The first-order chi connectivity index (χ1) is 15.4. The van der Waals surface area contributed by atoms with Gasteiger partial charge in [-0.3, -0.25) is 9.59 Å². The van der Waals surface area contributed by atoms with Gasteiger partial charge in [0, 0.05) is 18.7 Å².